The van der Waals surface area contributed by atoms with Gasteiger partial charge >= 0.3 is 6.09 Å². The number of fused-ring (bicyclic) bond motifs is 2. The van der Waals surface area contributed by atoms with Gasteiger partial charge in [0.05, 0.1) is 11.6 Å². The summed E-state index contributed by atoms with van der Waals surface area (Å²) >= 11 is 6.49. The summed E-state index contributed by atoms with van der Waals surface area (Å²) in [6.07, 6.45) is -0.479. The number of anilines is 1. The van der Waals surface area contributed by atoms with Gasteiger partial charge in [-0.2, -0.15) is 0 Å². The first-order chi connectivity index (χ1) is 15.5. The highest BCUT2D eigenvalue weighted by Gasteiger charge is 2.40. The van der Waals surface area contributed by atoms with E-state index in [1.807, 2.05) is 0 Å². The van der Waals surface area contributed by atoms with Crippen molar-refractivity contribution in [1.29, 1.82) is 0 Å². The van der Waals surface area contributed by atoms with Crippen LogP contribution in [-0.2, 0) is 4.74 Å². The summed E-state index contributed by atoms with van der Waals surface area (Å²) < 4.78 is 25.8. The number of aromatic nitrogens is 1. The molecule has 0 unspecified atom stereocenters. The third-order valence-electron chi connectivity index (χ3n) is 5.38. The van der Waals surface area contributed by atoms with Crippen LogP contribution in [0.1, 0.15) is 31.1 Å². The SMILES string of the molecule is CC(C)(C)OC(=O)N1CCN2C(=O)c3c(N)nc(-c4c(O)cccc4F)c(Cl)c3OC[C@H]2C1. The second-order valence-corrected chi connectivity index (χ2v) is 9.27. The van der Waals surface area contributed by atoms with Crippen LogP contribution in [0.15, 0.2) is 18.2 Å². The number of phenols is 1. The lowest BCUT2D eigenvalue weighted by Gasteiger charge is -2.40. The number of rotatable bonds is 1. The van der Waals surface area contributed by atoms with E-state index in [1.165, 1.54) is 17.0 Å². The summed E-state index contributed by atoms with van der Waals surface area (Å²) in [7, 11) is 0. The number of nitrogen functional groups attached to an aromatic ring is 1. The summed E-state index contributed by atoms with van der Waals surface area (Å²) in [5.41, 5.74) is 5.03. The first-order valence-electron chi connectivity index (χ1n) is 10.4. The lowest BCUT2D eigenvalue weighted by molar-refractivity contribution is 0.000959. The minimum atomic E-state index is -0.755. The van der Waals surface area contributed by atoms with Gasteiger partial charge in [-0.05, 0) is 32.9 Å². The highest BCUT2D eigenvalue weighted by Crippen LogP contribution is 2.44. The standard InChI is InChI=1S/C22H24ClFN4O5/c1-22(2,3)33-21(31)27-7-8-28-11(9-27)10-32-18-15(20(28)30)19(25)26-17(16(18)23)14-12(24)5-4-6-13(14)29/h4-6,11,29H,7-10H2,1-3H3,(H2,25,26)/t11-/m1/s1. The van der Waals surface area contributed by atoms with Crippen LogP contribution in [-0.4, -0.2) is 69.8 Å². The molecule has 0 saturated carbocycles. The average molecular weight is 479 g/mol. The fraction of sp³-hybridized carbons (Fsp3) is 0.409. The number of nitrogens with two attached hydrogens (primary N) is 1. The van der Waals surface area contributed by atoms with Crippen LogP contribution < -0.4 is 10.5 Å². The highest BCUT2D eigenvalue weighted by atomic mass is 35.5. The molecule has 0 radical (unpaired) electrons. The molecule has 0 bridgehead atoms. The fourth-order valence-corrected chi connectivity index (χ4v) is 4.18. The van der Waals surface area contributed by atoms with Crippen LogP contribution in [0.2, 0.25) is 5.02 Å². The predicted octanol–water partition coefficient (Wildman–Crippen LogP) is 3.28. The van der Waals surface area contributed by atoms with Gasteiger partial charge in [0, 0.05) is 19.6 Å². The van der Waals surface area contributed by atoms with Gasteiger partial charge in [-0.15, -0.1) is 0 Å². The van der Waals surface area contributed by atoms with E-state index in [9.17, 15) is 19.1 Å². The number of benzene rings is 1. The summed E-state index contributed by atoms with van der Waals surface area (Å²) in [6, 6.07) is 3.29. The van der Waals surface area contributed by atoms with Gasteiger partial charge in [-0.25, -0.2) is 14.2 Å². The zero-order valence-corrected chi connectivity index (χ0v) is 19.1. The van der Waals surface area contributed by atoms with Crippen LogP contribution in [0.4, 0.5) is 15.0 Å². The zero-order valence-electron chi connectivity index (χ0n) is 18.4. The van der Waals surface area contributed by atoms with Crippen molar-refractivity contribution in [2.24, 2.45) is 0 Å². The van der Waals surface area contributed by atoms with Crippen molar-refractivity contribution in [2.45, 2.75) is 32.4 Å². The van der Waals surface area contributed by atoms with Crippen molar-refractivity contribution in [3.8, 4) is 22.8 Å². The molecular formula is C22H24ClFN4O5. The van der Waals surface area contributed by atoms with E-state index in [-0.39, 0.29) is 65.4 Å². The molecule has 0 spiro atoms. The molecule has 1 saturated heterocycles. The van der Waals surface area contributed by atoms with Crippen LogP contribution in [0, 0.1) is 5.82 Å². The number of hydrogen-bond donors (Lipinski definition) is 2. The van der Waals surface area contributed by atoms with E-state index in [4.69, 9.17) is 26.8 Å². The molecule has 0 aliphatic carbocycles. The number of pyridine rings is 1. The van der Waals surface area contributed by atoms with E-state index >= 15 is 0 Å². The quantitative estimate of drug-likeness (QED) is 0.645. The molecule has 1 atom stereocenters. The molecule has 3 heterocycles. The molecule has 2 aromatic rings. The summed E-state index contributed by atoms with van der Waals surface area (Å²) in [5, 5.41) is 10.0. The number of carbonyl (C=O) groups is 2. The molecule has 11 heteroatoms. The Kier molecular flexibility index (Phi) is 5.73. The molecule has 33 heavy (non-hydrogen) atoms. The summed E-state index contributed by atoms with van der Waals surface area (Å²) in [4.78, 5) is 33.0. The smallest absolute Gasteiger partial charge is 0.410 e. The van der Waals surface area contributed by atoms with Crippen LogP contribution in [0.3, 0.4) is 0 Å². The Morgan fingerprint density at radius 2 is 2.06 bits per heavy atom. The molecular weight excluding hydrogens is 455 g/mol. The van der Waals surface area contributed by atoms with E-state index in [0.717, 1.165) is 6.07 Å². The van der Waals surface area contributed by atoms with Crippen LogP contribution in [0.5, 0.6) is 11.5 Å². The second-order valence-electron chi connectivity index (χ2n) is 8.89. The topological polar surface area (TPSA) is 118 Å². The maximum Gasteiger partial charge on any atom is 0.410 e. The fourth-order valence-electron chi connectivity index (χ4n) is 3.89. The van der Waals surface area contributed by atoms with Crippen molar-refractivity contribution in [1.82, 2.24) is 14.8 Å². The molecule has 3 N–H and O–H groups in total. The van der Waals surface area contributed by atoms with Gasteiger partial charge in [-0.1, -0.05) is 17.7 Å². The van der Waals surface area contributed by atoms with Crippen molar-refractivity contribution >= 4 is 29.4 Å². The zero-order chi connectivity index (χ0) is 24.1. The van der Waals surface area contributed by atoms with Gasteiger partial charge in [0.15, 0.2) is 5.75 Å². The van der Waals surface area contributed by atoms with Gasteiger partial charge < -0.3 is 30.1 Å². The number of carbonyl (C=O) groups excluding carboxylic acids is 2. The maximum absolute atomic E-state index is 14.4. The van der Waals surface area contributed by atoms with Crippen LogP contribution >= 0.6 is 11.6 Å². The number of ether oxygens (including phenoxy) is 2. The average Bonchev–Trinajstić information content (AvgIpc) is 2.87. The Labute approximate surface area is 194 Å². The minimum Gasteiger partial charge on any atom is -0.507 e. The summed E-state index contributed by atoms with van der Waals surface area (Å²) in [5.74, 6) is -1.83. The Bertz CT molecular complexity index is 1120. The van der Waals surface area contributed by atoms with Gasteiger partial charge in [-0.3, -0.25) is 4.79 Å². The lowest BCUT2D eigenvalue weighted by Crippen LogP contribution is -2.58. The predicted molar refractivity (Wildman–Crippen MR) is 119 cm³/mol. The van der Waals surface area contributed by atoms with Crippen molar-refractivity contribution in [2.75, 3.05) is 32.0 Å². The third kappa shape index (κ3) is 4.22. The van der Waals surface area contributed by atoms with Crippen molar-refractivity contribution in [3.05, 3.63) is 34.6 Å². The van der Waals surface area contributed by atoms with Gasteiger partial charge in [0.2, 0.25) is 0 Å². The van der Waals surface area contributed by atoms with Crippen LogP contribution in [0.25, 0.3) is 11.3 Å². The molecule has 9 nitrogen and oxygen atoms in total. The van der Waals surface area contributed by atoms with Gasteiger partial charge in [0.25, 0.3) is 5.91 Å². The first kappa shape index (κ1) is 22.9. The molecule has 176 valence electrons. The molecule has 4 rings (SSSR count). The van der Waals surface area contributed by atoms with Crippen molar-refractivity contribution < 1.29 is 28.6 Å². The van der Waals surface area contributed by atoms with E-state index in [1.54, 1.807) is 25.7 Å². The lowest BCUT2D eigenvalue weighted by atomic mass is 10.1. The van der Waals surface area contributed by atoms with Crippen molar-refractivity contribution in [3.63, 3.8) is 0 Å². The third-order valence-corrected chi connectivity index (χ3v) is 5.73. The van der Waals surface area contributed by atoms with E-state index in [0.29, 0.717) is 0 Å². The number of amides is 2. The molecule has 1 aromatic heterocycles. The monoisotopic (exact) mass is 478 g/mol. The van der Waals surface area contributed by atoms with Gasteiger partial charge in [0.1, 0.15) is 45.9 Å². The Hall–Kier alpha value is -3.27. The highest BCUT2D eigenvalue weighted by molar-refractivity contribution is 6.35. The summed E-state index contributed by atoms with van der Waals surface area (Å²) in [6.45, 7) is 6.05. The maximum atomic E-state index is 14.4. The molecule has 1 aromatic carbocycles. The largest absolute Gasteiger partial charge is 0.507 e. The number of nitrogens with zero attached hydrogens (tertiary/aromatic N) is 3. The molecule has 2 amide bonds. The van der Waals surface area contributed by atoms with E-state index in [2.05, 4.69) is 4.98 Å². The Morgan fingerprint density at radius 3 is 2.73 bits per heavy atom. The number of halogens is 2. The second kappa shape index (κ2) is 8.26. The Morgan fingerprint density at radius 1 is 1.33 bits per heavy atom. The molecule has 2 aliphatic heterocycles. The van der Waals surface area contributed by atoms with E-state index < -0.39 is 29.5 Å². The minimum absolute atomic E-state index is 0.0178. The normalized spacial score (nSPS) is 18.2. The molecule has 1 fully saturated rings. The first-order valence-corrected chi connectivity index (χ1v) is 10.7. The number of piperazine rings is 1. The number of hydrogen-bond acceptors (Lipinski definition) is 7. The molecule has 2 aliphatic rings. The number of aromatic hydroxyl groups is 1. The number of phenolic OH excluding ortho intramolecular Hbond substituents is 1. The Balaban J connectivity index is 1.68.